The lowest BCUT2D eigenvalue weighted by molar-refractivity contribution is -0.133. The molecule has 2 heterocycles. The van der Waals surface area contributed by atoms with E-state index in [-0.39, 0.29) is 29.9 Å². The van der Waals surface area contributed by atoms with Crippen LogP contribution in [-0.2, 0) is 22.6 Å². The number of carbonyl (C=O) groups excluding carboxylic acids is 2. The summed E-state index contributed by atoms with van der Waals surface area (Å²) in [6.45, 7) is 7.05. The fourth-order valence-electron chi connectivity index (χ4n) is 5.98. The van der Waals surface area contributed by atoms with Gasteiger partial charge in [-0.1, -0.05) is 72.3 Å². The van der Waals surface area contributed by atoms with Crippen LogP contribution < -0.4 is 4.74 Å². The second kappa shape index (κ2) is 12.6. The number of methoxy groups -OCH3 is 1. The summed E-state index contributed by atoms with van der Waals surface area (Å²) in [6, 6.07) is 21.3. The number of benzene rings is 3. The van der Waals surface area contributed by atoms with E-state index in [0.29, 0.717) is 49.2 Å². The second-order valence-corrected chi connectivity index (χ2v) is 10.8. The molecule has 7 nitrogen and oxygen atoms in total. The van der Waals surface area contributed by atoms with E-state index in [0.717, 1.165) is 24.2 Å². The van der Waals surface area contributed by atoms with Gasteiger partial charge in [0.2, 0.25) is 5.91 Å². The Labute approximate surface area is 242 Å². The van der Waals surface area contributed by atoms with Crippen molar-refractivity contribution >= 4 is 11.9 Å². The Balaban J connectivity index is 1.19. The zero-order valence-corrected chi connectivity index (χ0v) is 24.1. The van der Waals surface area contributed by atoms with Crippen molar-refractivity contribution < 1.29 is 24.2 Å². The predicted octanol–water partition coefficient (Wildman–Crippen LogP) is 5.58. The third-order valence-electron chi connectivity index (χ3n) is 8.30. The van der Waals surface area contributed by atoms with Crippen LogP contribution in [0.1, 0.15) is 64.0 Å². The van der Waals surface area contributed by atoms with Crippen LogP contribution in [0.2, 0.25) is 0 Å². The van der Waals surface area contributed by atoms with E-state index in [2.05, 4.69) is 53.4 Å². The molecule has 0 spiro atoms. The summed E-state index contributed by atoms with van der Waals surface area (Å²) in [5.41, 5.74) is 5.86. The van der Waals surface area contributed by atoms with Gasteiger partial charge in [0, 0.05) is 43.7 Å². The molecule has 214 valence electrons. The predicted molar refractivity (Wildman–Crippen MR) is 158 cm³/mol. The monoisotopic (exact) mass is 554 g/mol. The minimum Gasteiger partial charge on any atom is -0.507 e. The normalized spacial score (nSPS) is 15.7. The number of nitrogens with zero attached hydrogens (tertiary/aromatic N) is 2. The Morgan fingerprint density at radius 2 is 1.61 bits per heavy atom. The number of piperazine rings is 1. The molecule has 7 heteroatoms. The van der Waals surface area contributed by atoms with Gasteiger partial charge in [-0.2, -0.15) is 0 Å². The van der Waals surface area contributed by atoms with Gasteiger partial charge >= 0.3 is 5.97 Å². The Morgan fingerprint density at radius 1 is 1.00 bits per heavy atom. The highest BCUT2D eigenvalue weighted by Gasteiger charge is 2.32. The van der Waals surface area contributed by atoms with Gasteiger partial charge in [0.15, 0.2) is 0 Å². The summed E-state index contributed by atoms with van der Waals surface area (Å²) in [6.07, 6.45) is 3.46. The number of amides is 1. The first-order valence-electron chi connectivity index (χ1n) is 14.2. The van der Waals surface area contributed by atoms with E-state index in [1.165, 1.54) is 11.1 Å². The van der Waals surface area contributed by atoms with Crippen LogP contribution in [0.25, 0.3) is 0 Å². The molecule has 0 bridgehead atoms. The largest absolute Gasteiger partial charge is 0.507 e. The number of phenolic OH excluding ortho intramolecular Hbond substituents is 1. The Hall–Kier alpha value is -4.10. The molecule has 0 aromatic heterocycles. The maximum atomic E-state index is 13.1. The highest BCUT2D eigenvalue weighted by molar-refractivity contribution is 5.98. The highest BCUT2D eigenvalue weighted by Crippen LogP contribution is 2.42. The van der Waals surface area contributed by atoms with E-state index in [9.17, 15) is 14.7 Å². The molecule has 0 unspecified atom stereocenters. The van der Waals surface area contributed by atoms with Crippen LogP contribution in [0, 0.1) is 6.92 Å². The molecule has 2 aliphatic heterocycles. The lowest BCUT2D eigenvalue weighted by atomic mass is 9.94. The Kier molecular flexibility index (Phi) is 8.74. The van der Waals surface area contributed by atoms with Crippen LogP contribution in [0.4, 0.5) is 0 Å². The number of hydrogen-bond donors (Lipinski definition) is 1. The number of rotatable bonds is 9. The van der Waals surface area contributed by atoms with Gasteiger partial charge in [-0.25, -0.2) is 4.79 Å². The standard InChI is InChI=1S/C34H38N2O5/c1-23(14-16-27-32(38)30-28(22-41-34(30)39)24(2)33(27)40-3)15-17-29(37)35-18-20-36(21-19-35)31(25-10-6-4-7-11-25)26-12-8-5-9-13-26/h4-14,31,38H,15-22H2,1-3H3/b23-14+. The van der Waals surface area contributed by atoms with Crippen LogP contribution >= 0.6 is 0 Å². The molecule has 0 aliphatic carbocycles. The fraction of sp³-hybridized carbons (Fsp3) is 0.353. The lowest BCUT2D eigenvalue weighted by Crippen LogP contribution is -2.49. The van der Waals surface area contributed by atoms with Crippen molar-refractivity contribution in [2.45, 2.75) is 45.8 Å². The van der Waals surface area contributed by atoms with Crippen LogP contribution in [0.3, 0.4) is 0 Å². The molecule has 1 N–H and O–H groups in total. The van der Waals surface area contributed by atoms with Crippen molar-refractivity contribution in [2.24, 2.45) is 0 Å². The second-order valence-electron chi connectivity index (χ2n) is 10.8. The van der Waals surface area contributed by atoms with Gasteiger partial charge in [-0.05, 0) is 43.4 Å². The van der Waals surface area contributed by atoms with Crippen molar-refractivity contribution in [3.63, 3.8) is 0 Å². The van der Waals surface area contributed by atoms with Gasteiger partial charge in [0.1, 0.15) is 23.7 Å². The maximum Gasteiger partial charge on any atom is 0.342 e. The lowest BCUT2D eigenvalue weighted by Gasteiger charge is -2.40. The van der Waals surface area contributed by atoms with E-state index in [4.69, 9.17) is 9.47 Å². The Bertz CT molecular complexity index is 1390. The van der Waals surface area contributed by atoms with Crippen LogP contribution in [-0.4, -0.2) is 60.1 Å². The number of hydrogen-bond acceptors (Lipinski definition) is 6. The zero-order chi connectivity index (χ0) is 28.9. The number of cyclic esters (lactones) is 1. The molecule has 41 heavy (non-hydrogen) atoms. The number of carbonyl (C=O) groups is 2. The molecular weight excluding hydrogens is 516 g/mol. The number of esters is 1. The van der Waals surface area contributed by atoms with E-state index < -0.39 is 5.97 Å². The third-order valence-corrected chi connectivity index (χ3v) is 8.30. The fourth-order valence-corrected chi connectivity index (χ4v) is 5.98. The number of phenols is 1. The topological polar surface area (TPSA) is 79.3 Å². The average molecular weight is 555 g/mol. The number of fused-ring (bicyclic) bond motifs is 1. The van der Waals surface area contributed by atoms with Crippen molar-refractivity contribution in [1.29, 1.82) is 0 Å². The number of allylic oxidation sites excluding steroid dienone is 2. The first-order chi connectivity index (χ1) is 19.9. The quantitative estimate of drug-likeness (QED) is 0.275. The highest BCUT2D eigenvalue weighted by atomic mass is 16.5. The van der Waals surface area contributed by atoms with Crippen LogP contribution in [0.5, 0.6) is 11.5 Å². The van der Waals surface area contributed by atoms with E-state index in [1.54, 1.807) is 7.11 Å². The summed E-state index contributed by atoms with van der Waals surface area (Å²) < 4.78 is 10.7. The SMILES string of the molecule is COc1c(C)c2c(c(O)c1C/C=C(\C)CCC(=O)N1CCN(C(c3ccccc3)c3ccccc3)CC1)C(=O)OC2. The van der Waals surface area contributed by atoms with Gasteiger partial charge < -0.3 is 19.5 Å². The van der Waals surface area contributed by atoms with Crippen molar-refractivity contribution in [2.75, 3.05) is 33.3 Å². The van der Waals surface area contributed by atoms with Gasteiger partial charge in [0.05, 0.1) is 13.2 Å². The van der Waals surface area contributed by atoms with Crippen LogP contribution in [0.15, 0.2) is 72.3 Å². The van der Waals surface area contributed by atoms with E-state index in [1.807, 2.05) is 37.0 Å². The average Bonchev–Trinajstić information content (AvgIpc) is 3.40. The molecule has 5 rings (SSSR count). The molecule has 0 saturated carbocycles. The van der Waals surface area contributed by atoms with Crippen molar-refractivity contribution in [3.8, 4) is 11.5 Å². The Morgan fingerprint density at radius 3 is 2.20 bits per heavy atom. The molecule has 2 aliphatic rings. The summed E-state index contributed by atoms with van der Waals surface area (Å²) >= 11 is 0. The van der Waals surface area contributed by atoms with Gasteiger partial charge in [0.25, 0.3) is 0 Å². The van der Waals surface area contributed by atoms with E-state index >= 15 is 0 Å². The van der Waals surface area contributed by atoms with Crippen molar-refractivity contribution in [3.05, 3.63) is 106 Å². The number of aromatic hydroxyl groups is 1. The molecule has 3 aromatic carbocycles. The molecule has 1 fully saturated rings. The third kappa shape index (κ3) is 6.00. The minimum atomic E-state index is -0.505. The number of ether oxygens (including phenoxy) is 2. The minimum absolute atomic E-state index is 0.0766. The smallest absolute Gasteiger partial charge is 0.342 e. The first kappa shape index (κ1) is 28.4. The molecule has 0 atom stereocenters. The summed E-state index contributed by atoms with van der Waals surface area (Å²) in [5.74, 6) is 0.147. The molecule has 1 saturated heterocycles. The zero-order valence-electron chi connectivity index (χ0n) is 24.1. The van der Waals surface area contributed by atoms with Gasteiger partial charge in [-0.15, -0.1) is 0 Å². The molecular formula is C34H38N2O5. The van der Waals surface area contributed by atoms with Gasteiger partial charge in [-0.3, -0.25) is 9.69 Å². The first-order valence-corrected chi connectivity index (χ1v) is 14.2. The summed E-state index contributed by atoms with van der Waals surface area (Å²) in [7, 11) is 1.56. The maximum absolute atomic E-state index is 13.1. The summed E-state index contributed by atoms with van der Waals surface area (Å²) in [5, 5.41) is 10.8. The van der Waals surface area contributed by atoms with Crippen molar-refractivity contribution in [1.82, 2.24) is 9.80 Å². The summed E-state index contributed by atoms with van der Waals surface area (Å²) in [4.78, 5) is 29.7. The molecule has 1 amide bonds. The molecule has 3 aromatic rings. The molecule has 0 radical (unpaired) electrons.